The molecule has 0 aromatic carbocycles. The van der Waals surface area contributed by atoms with Crippen molar-refractivity contribution in [1.29, 1.82) is 0 Å². The molecule has 0 aliphatic carbocycles. The zero-order valence-corrected chi connectivity index (χ0v) is 8.70. The highest BCUT2D eigenvalue weighted by molar-refractivity contribution is 5.69. The van der Waals surface area contributed by atoms with Crippen LogP contribution in [-0.4, -0.2) is 51.4 Å². The maximum absolute atomic E-state index is 11.0. The van der Waals surface area contributed by atoms with Crippen LogP contribution in [0.5, 0.6) is 0 Å². The summed E-state index contributed by atoms with van der Waals surface area (Å²) in [5.74, 6) is -1.69. The minimum Gasteiger partial charge on any atom is -0.481 e. The highest BCUT2D eigenvalue weighted by Gasteiger charge is 2.19. The fourth-order valence-electron chi connectivity index (χ4n) is 0.908. The standard InChI is InChI=1S/C9H16O7/c10-5-6(11)9(15)16-8(14)4-2-1-3-7(12)13/h6,9-11,15H,1-5H2,(H,12,13). The number of hydrogen-bond donors (Lipinski definition) is 4. The molecule has 16 heavy (non-hydrogen) atoms. The molecule has 0 spiro atoms. The molecule has 2 unspecified atom stereocenters. The van der Waals surface area contributed by atoms with Crippen molar-refractivity contribution in [2.75, 3.05) is 6.61 Å². The van der Waals surface area contributed by atoms with Crippen LogP contribution in [-0.2, 0) is 14.3 Å². The monoisotopic (exact) mass is 236 g/mol. The number of rotatable bonds is 8. The topological polar surface area (TPSA) is 124 Å². The lowest BCUT2D eigenvalue weighted by molar-refractivity contribution is -0.190. The number of aliphatic hydroxyl groups excluding tert-OH is 3. The maximum atomic E-state index is 11.0. The first-order valence-corrected chi connectivity index (χ1v) is 4.85. The molecule has 0 rings (SSSR count). The van der Waals surface area contributed by atoms with Gasteiger partial charge in [0.25, 0.3) is 0 Å². The number of aliphatic carboxylic acids is 1. The SMILES string of the molecule is O=C(O)CCCCC(=O)OC(O)C(O)CO. The van der Waals surface area contributed by atoms with Crippen LogP contribution in [0.4, 0.5) is 0 Å². The Hall–Kier alpha value is -1.18. The molecule has 0 heterocycles. The van der Waals surface area contributed by atoms with E-state index in [0.717, 1.165) is 0 Å². The van der Waals surface area contributed by atoms with Crippen LogP contribution in [0.3, 0.4) is 0 Å². The Bertz CT molecular complexity index is 228. The first kappa shape index (κ1) is 14.8. The van der Waals surface area contributed by atoms with Gasteiger partial charge in [-0.2, -0.15) is 0 Å². The van der Waals surface area contributed by atoms with E-state index in [9.17, 15) is 9.59 Å². The van der Waals surface area contributed by atoms with E-state index >= 15 is 0 Å². The summed E-state index contributed by atoms with van der Waals surface area (Å²) >= 11 is 0. The molecule has 0 fully saturated rings. The van der Waals surface area contributed by atoms with Crippen LogP contribution in [0, 0.1) is 0 Å². The van der Waals surface area contributed by atoms with E-state index < -0.39 is 30.9 Å². The molecule has 0 amide bonds. The molecule has 2 atom stereocenters. The predicted molar refractivity (Wildman–Crippen MR) is 51.3 cm³/mol. The summed E-state index contributed by atoms with van der Waals surface area (Å²) in [5.41, 5.74) is 0. The van der Waals surface area contributed by atoms with E-state index in [1.54, 1.807) is 0 Å². The van der Waals surface area contributed by atoms with Crippen LogP contribution < -0.4 is 0 Å². The van der Waals surface area contributed by atoms with Crippen molar-refractivity contribution in [2.45, 2.75) is 38.1 Å². The highest BCUT2D eigenvalue weighted by Crippen LogP contribution is 2.04. The molecule has 7 heteroatoms. The number of carbonyl (C=O) groups is 2. The highest BCUT2D eigenvalue weighted by atomic mass is 16.6. The summed E-state index contributed by atoms with van der Waals surface area (Å²) in [7, 11) is 0. The van der Waals surface area contributed by atoms with Crippen molar-refractivity contribution in [2.24, 2.45) is 0 Å². The number of aliphatic hydroxyl groups is 3. The number of unbranched alkanes of at least 4 members (excludes halogenated alkanes) is 1. The Morgan fingerprint density at radius 3 is 2.19 bits per heavy atom. The van der Waals surface area contributed by atoms with Gasteiger partial charge < -0.3 is 25.2 Å². The molecular weight excluding hydrogens is 220 g/mol. The minimum atomic E-state index is -1.75. The predicted octanol–water partition coefficient (Wildman–Crippen LogP) is -1.15. The second kappa shape index (κ2) is 8.03. The second-order valence-corrected chi connectivity index (χ2v) is 3.23. The molecule has 0 radical (unpaired) electrons. The number of hydrogen-bond acceptors (Lipinski definition) is 6. The summed E-state index contributed by atoms with van der Waals surface area (Å²) in [6.45, 7) is -0.715. The summed E-state index contributed by atoms with van der Waals surface area (Å²) in [4.78, 5) is 21.1. The minimum absolute atomic E-state index is 0.0326. The van der Waals surface area contributed by atoms with Gasteiger partial charge in [-0.3, -0.25) is 9.59 Å². The van der Waals surface area contributed by atoms with E-state index in [0.29, 0.717) is 12.8 Å². The van der Waals surface area contributed by atoms with Gasteiger partial charge in [-0.05, 0) is 12.8 Å². The molecule has 0 aromatic rings. The van der Waals surface area contributed by atoms with Crippen LogP contribution in [0.25, 0.3) is 0 Å². The molecule has 4 N–H and O–H groups in total. The third-order valence-electron chi connectivity index (χ3n) is 1.79. The third-order valence-corrected chi connectivity index (χ3v) is 1.79. The van der Waals surface area contributed by atoms with Crippen LogP contribution in [0.15, 0.2) is 0 Å². The fourth-order valence-corrected chi connectivity index (χ4v) is 0.908. The average molecular weight is 236 g/mol. The van der Waals surface area contributed by atoms with E-state index in [4.69, 9.17) is 20.4 Å². The Balaban J connectivity index is 3.62. The number of esters is 1. The van der Waals surface area contributed by atoms with Gasteiger partial charge in [0.15, 0.2) is 0 Å². The molecule has 0 aliphatic rings. The van der Waals surface area contributed by atoms with E-state index in [-0.39, 0.29) is 12.8 Å². The molecular formula is C9H16O7. The Morgan fingerprint density at radius 1 is 1.12 bits per heavy atom. The van der Waals surface area contributed by atoms with Gasteiger partial charge in [0, 0.05) is 12.8 Å². The maximum Gasteiger partial charge on any atom is 0.308 e. The molecule has 7 nitrogen and oxygen atoms in total. The van der Waals surface area contributed by atoms with Crippen molar-refractivity contribution >= 4 is 11.9 Å². The van der Waals surface area contributed by atoms with Crippen molar-refractivity contribution in [3.8, 4) is 0 Å². The average Bonchev–Trinajstić information content (AvgIpc) is 2.22. The van der Waals surface area contributed by atoms with Crippen molar-refractivity contribution in [1.82, 2.24) is 0 Å². The summed E-state index contributed by atoms with van der Waals surface area (Å²) in [5, 5.41) is 34.6. The number of carboxylic acid groups (broad SMARTS) is 1. The van der Waals surface area contributed by atoms with Crippen molar-refractivity contribution in [3.63, 3.8) is 0 Å². The molecule has 0 aliphatic heterocycles. The van der Waals surface area contributed by atoms with E-state index in [1.807, 2.05) is 0 Å². The number of carbonyl (C=O) groups excluding carboxylic acids is 1. The van der Waals surface area contributed by atoms with Crippen LogP contribution >= 0.6 is 0 Å². The largest absolute Gasteiger partial charge is 0.481 e. The van der Waals surface area contributed by atoms with Gasteiger partial charge in [-0.25, -0.2) is 0 Å². The summed E-state index contributed by atoms with van der Waals surface area (Å²) in [6.07, 6.45) is -2.69. The Morgan fingerprint density at radius 2 is 1.69 bits per heavy atom. The smallest absolute Gasteiger partial charge is 0.308 e. The van der Waals surface area contributed by atoms with Gasteiger partial charge in [0.2, 0.25) is 6.29 Å². The van der Waals surface area contributed by atoms with Crippen LogP contribution in [0.2, 0.25) is 0 Å². The lowest BCUT2D eigenvalue weighted by atomic mass is 10.2. The van der Waals surface area contributed by atoms with Gasteiger partial charge in [0.05, 0.1) is 6.61 Å². The number of carboxylic acids is 1. The van der Waals surface area contributed by atoms with Gasteiger partial charge in [-0.1, -0.05) is 0 Å². The van der Waals surface area contributed by atoms with E-state index in [1.165, 1.54) is 0 Å². The molecule has 0 saturated carbocycles. The zero-order chi connectivity index (χ0) is 12.6. The Kier molecular flexibility index (Phi) is 7.44. The molecule has 94 valence electrons. The molecule has 0 aromatic heterocycles. The zero-order valence-electron chi connectivity index (χ0n) is 8.70. The van der Waals surface area contributed by atoms with Crippen molar-refractivity contribution < 1.29 is 34.8 Å². The van der Waals surface area contributed by atoms with Gasteiger partial charge in [-0.15, -0.1) is 0 Å². The van der Waals surface area contributed by atoms with E-state index in [2.05, 4.69) is 4.74 Å². The molecule has 0 bridgehead atoms. The molecule has 0 saturated heterocycles. The Labute approximate surface area is 92.3 Å². The first-order chi connectivity index (χ1) is 7.47. The summed E-state index contributed by atoms with van der Waals surface area (Å²) in [6, 6.07) is 0. The lowest BCUT2D eigenvalue weighted by Gasteiger charge is -2.15. The lowest BCUT2D eigenvalue weighted by Crippen LogP contribution is -2.33. The first-order valence-electron chi connectivity index (χ1n) is 4.85. The number of ether oxygens (including phenoxy) is 1. The fraction of sp³-hybridized carbons (Fsp3) is 0.778. The summed E-state index contributed by atoms with van der Waals surface area (Å²) < 4.78 is 4.37. The van der Waals surface area contributed by atoms with Crippen molar-refractivity contribution in [3.05, 3.63) is 0 Å². The van der Waals surface area contributed by atoms with Crippen LogP contribution in [0.1, 0.15) is 25.7 Å². The van der Waals surface area contributed by atoms with Gasteiger partial charge >= 0.3 is 11.9 Å². The third kappa shape index (κ3) is 7.16. The van der Waals surface area contributed by atoms with Gasteiger partial charge in [0.1, 0.15) is 6.10 Å². The normalized spacial score (nSPS) is 14.2. The quantitative estimate of drug-likeness (QED) is 0.238. The second-order valence-electron chi connectivity index (χ2n) is 3.23.